The zero-order valence-electron chi connectivity index (χ0n) is 16.0. The number of halogens is 2. The van der Waals surface area contributed by atoms with E-state index >= 15 is 0 Å². The standard InChI is InChI=1S/C21H17BrClN3O2S/c1-21(2,3)29(27)26-16-8-7-11-13(16)9-17-19(14(11)10-24)28-20(25-17)12-5-4-6-15(22)18(12)23/h4-6,9H,7-8H2,1-3H3. The van der Waals surface area contributed by atoms with E-state index in [0.717, 1.165) is 21.3 Å². The summed E-state index contributed by atoms with van der Waals surface area (Å²) in [6, 6.07) is 9.63. The minimum absolute atomic E-state index is 0.350. The summed E-state index contributed by atoms with van der Waals surface area (Å²) < 4.78 is 23.2. The topological polar surface area (TPSA) is 85.2 Å². The third-order valence-electron chi connectivity index (χ3n) is 4.72. The van der Waals surface area contributed by atoms with Gasteiger partial charge in [-0.05, 0) is 73.3 Å². The number of oxazole rings is 1. The third-order valence-corrected chi connectivity index (χ3v) is 7.45. The van der Waals surface area contributed by atoms with Crippen LogP contribution in [0.1, 0.15) is 43.9 Å². The lowest BCUT2D eigenvalue weighted by Gasteiger charge is -2.18. The van der Waals surface area contributed by atoms with Gasteiger partial charge in [-0.25, -0.2) is 4.98 Å². The number of rotatable bonds is 2. The monoisotopic (exact) mass is 489 g/mol. The van der Waals surface area contributed by atoms with Crippen molar-refractivity contribution in [2.24, 2.45) is 4.40 Å². The van der Waals surface area contributed by atoms with E-state index in [1.807, 2.05) is 45.0 Å². The van der Waals surface area contributed by atoms with E-state index in [-0.39, 0.29) is 0 Å². The van der Waals surface area contributed by atoms with Gasteiger partial charge in [0, 0.05) is 10.0 Å². The average Bonchev–Trinajstić information content (AvgIpc) is 3.25. The predicted molar refractivity (Wildman–Crippen MR) is 120 cm³/mol. The van der Waals surface area contributed by atoms with Gasteiger partial charge in [-0.1, -0.05) is 22.1 Å². The first kappa shape index (κ1) is 20.4. The molecule has 0 fully saturated rings. The first-order valence-electron chi connectivity index (χ1n) is 9.01. The van der Waals surface area contributed by atoms with E-state index in [1.54, 1.807) is 0 Å². The molecule has 1 atom stereocenters. The van der Waals surface area contributed by atoms with Crippen LogP contribution >= 0.6 is 27.5 Å². The van der Waals surface area contributed by atoms with Gasteiger partial charge in [0.1, 0.15) is 33.3 Å². The fraction of sp³-hybridized carbons (Fsp3) is 0.286. The van der Waals surface area contributed by atoms with Crippen molar-refractivity contribution in [3.05, 3.63) is 50.5 Å². The van der Waals surface area contributed by atoms with E-state index in [2.05, 4.69) is 31.4 Å². The summed E-state index contributed by atoms with van der Waals surface area (Å²) in [6.45, 7) is 5.66. The third kappa shape index (κ3) is 3.59. The lowest BCUT2D eigenvalue weighted by Crippen LogP contribution is -2.26. The molecular weight excluding hydrogens is 474 g/mol. The molecule has 148 valence electrons. The molecule has 1 aromatic heterocycles. The molecule has 0 aliphatic heterocycles. The van der Waals surface area contributed by atoms with Crippen LogP contribution in [0.5, 0.6) is 0 Å². The lowest BCUT2D eigenvalue weighted by molar-refractivity contribution is 0.561. The summed E-state index contributed by atoms with van der Waals surface area (Å²) >= 11 is 8.43. The minimum Gasteiger partial charge on any atom is -0.591 e. The van der Waals surface area contributed by atoms with Crippen molar-refractivity contribution in [3.63, 3.8) is 0 Å². The number of nitrogens with zero attached hydrogens (tertiary/aromatic N) is 3. The van der Waals surface area contributed by atoms with Gasteiger partial charge in [0.15, 0.2) is 5.58 Å². The van der Waals surface area contributed by atoms with Crippen LogP contribution in [-0.2, 0) is 17.8 Å². The molecule has 29 heavy (non-hydrogen) atoms. The van der Waals surface area contributed by atoms with Gasteiger partial charge in [0.05, 0.1) is 16.3 Å². The van der Waals surface area contributed by atoms with Gasteiger partial charge < -0.3 is 8.97 Å². The largest absolute Gasteiger partial charge is 0.591 e. The normalized spacial score (nSPS) is 16.2. The van der Waals surface area contributed by atoms with Crippen molar-refractivity contribution in [3.8, 4) is 17.5 Å². The number of hydrogen-bond acceptors (Lipinski definition) is 5. The Labute approximate surface area is 185 Å². The Morgan fingerprint density at radius 2 is 2.07 bits per heavy atom. The van der Waals surface area contributed by atoms with Crippen LogP contribution in [0.3, 0.4) is 0 Å². The Morgan fingerprint density at radius 3 is 2.76 bits per heavy atom. The molecule has 0 bridgehead atoms. The van der Waals surface area contributed by atoms with Crippen molar-refractivity contribution in [2.75, 3.05) is 0 Å². The zero-order chi connectivity index (χ0) is 20.9. The summed E-state index contributed by atoms with van der Waals surface area (Å²) in [5.41, 5.74) is 4.53. The molecule has 5 nitrogen and oxygen atoms in total. The highest BCUT2D eigenvalue weighted by atomic mass is 79.9. The second-order valence-electron chi connectivity index (χ2n) is 7.76. The van der Waals surface area contributed by atoms with Crippen LogP contribution in [0, 0.1) is 11.3 Å². The number of benzene rings is 2. The second-order valence-corrected chi connectivity index (χ2v) is 10.9. The Bertz CT molecular complexity index is 1210. The quantitative estimate of drug-likeness (QED) is 0.414. The maximum Gasteiger partial charge on any atom is 0.228 e. The molecule has 2 aromatic carbocycles. The predicted octanol–water partition coefficient (Wildman–Crippen LogP) is 5.98. The lowest BCUT2D eigenvalue weighted by atomic mass is 10.0. The molecule has 4 rings (SSSR count). The van der Waals surface area contributed by atoms with E-state index in [1.165, 1.54) is 0 Å². The molecule has 0 radical (unpaired) electrons. The second kappa shape index (κ2) is 7.44. The fourth-order valence-corrected chi connectivity index (χ4v) is 4.47. The molecule has 0 amide bonds. The molecule has 8 heteroatoms. The summed E-state index contributed by atoms with van der Waals surface area (Å²) in [5.74, 6) is 0.350. The van der Waals surface area contributed by atoms with Gasteiger partial charge in [0.2, 0.25) is 5.89 Å². The number of fused-ring (bicyclic) bond motifs is 2. The van der Waals surface area contributed by atoms with Gasteiger partial charge in [0.25, 0.3) is 0 Å². The number of aromatic nitrogens is 1. The SMILES string of the molecule is CC(C)(C)[S+]([O-])N=C1CCc2c1cc1nc(-c3cccc(Br)c3Cl)oc1c2C#N. The molecule has 0 saturated carbocycles. The highest BCUT2D eigenvalue weighted by molar-refractivity contribution is 9.10. The van der Waals surface area contributed by atoms with Crippen molar-refractivity contribution in [1.29, 1.82) is 5.26 Å². The molecule has 0 saturated heterocycles. The van der Waals surface area contributed by atoms with E-state index in [0.29, 0.717) is 46.0 Å². The summed E-state index contributed by atoms with van der Waals surface area (Å²) in [5, 5.41) is 10.3. The zero-order valence-corrected chi connectivity index (χ0v) is 19.2. The summed E-state index contributed by atoms with van der Waals surface area (Å²) in [6.07, 6.45) is 1.30. The van der Waals surface area contributed by atoms with Crippen LogP contribution < -0.4 is 0 Å². The molecule has 1 aliphatic carbocycles. The van der Waals surface area contributed by atoms with Crippen LogP contribution in [0.15, 0.2) is 37.6 Å². The molecule has 0 spiro atoms. The van der Waals surface area contributed by atoms with Crippen LogP contribution in [0.4, 0.5) is 0 Å². The van der Waals surface area contributed by atoms with Crippen molar-refractivity contribution >= 4 is 55.7 Å². The van der Waals surface area contributed by atoms with Gasteiger partial charge in [-0.2, -0.15) is 5.26 Å². The van der Waals surface area contributed by atoms with Crippen LogP contribution in [0.25, 0.3) is 22.6 Å². The number of hydrogen-bond donors (Lipinski definition) is 0. The van der Waals surface area contributed by atoms with Crippen molar-refractivity contribution in [2.45, 2.75) is 38.4 Å². The van der Waals surface area contributed by atoms with E-state index in [9.17, 15) is 9.81 Å². The Hall–Kier alpha value is -1.85. The molecule has 0 N–H and O–H groups in total. The summed E-state index contributed by atoms with van der Waals surface area (Å²) in [4.78, 5) is 4.58. The van der Waals surface area contributed by atoms with Crippen LogP contribution in [0.2, 0.25) is 5.02 Å². The van der Waals surface area contributed by atoms with Crippen molar-refractivity contribution < 1.29 is 8.97 Å². The Kier molecular flexibility index (Phi) is 5.24. The molecular formula is C21H17BrClN3O2S. The molecule has 3 aromatic rings. The fourth-order valence-electron chi connectivity index (χ4n) is 3.23. The molecule has 1 unspecified atom stereocenters. The maximum atomic E-state index is 12.5. The van der Waals surface area contributed by atoms with Gasteiger partial charge in [-0.3, -0.25) is 0 Å². The van der Waals surface area contributed by atoms with E-state index < -0.39 is 16.1 Å². The smallest absolute Gasteiger partial charge is 0.228 e. The number of nitriles is 1. The Morgan fingerprint density at radius 1 is 1.31 bits per heavy atom. The first-order valence-corrected chi connectivity index (χ1v) is 11.3. The minimum atomic E-state index is -1.37. The van der Waals surface area contributed by atoms with Crippen LogP contribution in [-0.4, -0.2) is 20.0 Å². The highest BCUT2D eigenvalue weighted by Crippen LogP contribution is 2.38. The first-order chi connectivity index (χ1) is 13.7. The van der Waals surface area contributed by atoms with Crippen molar-refractivity contribution in [1.82, 2.24) is 4.98 Å². The van der Waals surface area contributed by atoms with Gasteiger partial charge in [-0.15, -0.1) is 0 Å². The molecule has 1 aliphatic rings. The average molecular weight is 491 g/mol. The maximum absolute atomic E-state index is 12.5. The van der Waals surface area contributed by atoms with E-state index in [4.69, 9.17) is 16.0 Å². The summed E-state index contributed by atoms with van der Waals surface area (Å²) in [7, 11) is 0. The Balaban J connectivity index is 1.89. The highest BCUT2D eigenvalue weighted by Gasteiger charge is 2.31. The molecule has 1 heterocycles. The van der Waals surface area contributed by atoms with Gasteiger partial charge >= 0.3 is 0 Å².